The minimum Gasteiger partial charge on any atom is -0.481 e. The fraction of sp³-hybridized carbons (Fsp3) is 0.636. The molecule has 1 aliphatic carbocycles. The Morgan fingerprint density at radius 1 is 1.28 bits per heavy atom. The Labute approximate surface area is 103 Å². The molecule has 4 atom stereocenters. The molecule has 0 heterocycles. The number of esters is 1. The summed E-state index contributed by atoms with van der Waals surface area (Å²) < 4.78 is 4.51. The van der Waals surface area contributed by atoms with Crippen molar-refractivity contribution >= 4 is 17.9 Å². The summed E-state index contributed by atoms with van der Waals surface area (Å²) in [5, 5.41) is 26.7. The maximum Gasteiger partial charge on any atom is 0.309 e. The summed E-state index contributed by atoms with van der Waals surface area (Å²) in [6.45, 7) is 0. The molecule has 7 heteroatoms. The smallest absolute Gasteiger partial charge is 0.309 e. The van der Waals surface area contributed by atoms with Crippen molar-refractivity contribution in [1.29, 1.82) is 5.26 Å². The molecule has 0 aromatic heterocycles. The molecule has 18 heavy (non-hydrogen) atoms. The van der Waals surface area contributed by atoms with Crippen LogP contribution in [0.15, 0.2) is 0 Å². The van der Waals surface area contributed by atoms with Crippen molar-refractivity contribution < 1.29 is 29.3 Å². The molecule has 0 radical (unpaired) electrons. The predicted octanol–water partition coefficient (Wildman–Crippen LogP) is 0.111. The van der Waals surface area contributed by atoms with Gasteiger partial charge in [-0.05, 0) is 12.3 Å². The SMILES string of the molecule is COC(=O)C1C(C(=O)O)CC(C(=O)O)C1CC#N. The molecule has 0 saturated heterocycles. The van der Waals surface area contributed by atoms with Crippen LogP contribution in [0.25, 0.3) is 0 Å². The Morgan fingerprint density at radius 3 is 2.22 bits per heavy atom. The van der Waals surface area contributed by atoms with Crippen molar-refractivity contribution in [1.82, 2.24) is 0 Å². The van der Waals surface area contributed by atoms with Crippen LogP contribution < -0.4 is 0 Å². The van der Waals surface area contributed by atoms with Crippen LogP contribution >= 0.6 is 0 Å². The molecule has 1 aliphatic rings. The van der Waals surface area contributed by atoms with Gasteiger partial charge in [-0.2, -0.15) is 5.26 Å². The molecular formula is C11H13NO6. The first-order valence-corrected chi connectivity index (χ1v) is 5.34. The van der Waals surface area contributed by atoms with E-state index < -0.39 is 41.6 Å². The van der Waals surface area contributed by atoms with E-state index in [1.807, 2.05) is 0 Å². The van der Waals surface area contributed by atoms with Gasteiger partial charge in [-0.3, -0.25) is 14.4 Å². The second kappa shape index (κ2) is 5.49. The van der Waals surface area contributed by atoms with Crippen molar-refractivity contribution in [3.63, 3.8) is 0 Å². The second-order valence-corrected chi connectivity index (χ2v) is 4.20. The summed E-state index contributed by atoms with van der Waals surface area (Å²) >= 11 is 0. The number of carboxylic acid groups (broad SMARTS) is 2. The number of nitrogens with zero attached hydrogens (tertiary/aromatic N) is 1. The van der Waals surface area contributed by atoms with E-state index >= 15 is 0 Å². The van der Waals surface area contributed by atoms with Gasteiger partial charge in [0.1, 0.15) is 0 Å². The third-order valence-corrected chi connectivity index (χ3v) is 3.35. The first kappa shape index (κ1) is 14.0. The number of carbonyl (C=O) groups is 3. The summed E-state index contributed by atoms with van der Waals surface area (Å²) in [4.78, 5) is 33.7. The molecule has 1 saturated carbocycles. The zero-order valence-corrected chi connectivity index (χ0v) is 9.70. The minimum absolute atomic E-state index is 0.156. The lowest BCUT2D eigenvalue weighted by Crippen LogP contribution is -2.31. The number of aliphatic carboxylic acids is 2. The molecule has 0 aromatic carbocycles. The standard InChI is InChI=1S/C11H13NO6/c1-18-11(17)8-5(2-3-12)6(9(13)14)4-7(8)10(15)16/h5-8H,2,4H2,1H3,(H,13,14)(H,15,16). The van der Waals surface area contributed by atoms with E-state index in [0.717, 1.165) is 7.11 Å². The van der Waals surface area contributed by atoms with Gasteiger partial charge in [0.25, 0.3) is 0 Å². The van der Waals surface area contributed by atoms with Crippen LogP contribution in [0.1, 0.15) is 12.8 Å². The summed E-state index contributed by atoms with van der Waals surface area (Å²) in [6.07, 6.45) is -0.336. The van der Waals surface area contributed by atoms with Crippen LogP contribution in [-0.4, -0.2) is 35.2 Å². The van der Waals surface area contributed by atoms with Crippen molar-refractivity contribution in [3.05, 3.63) is 0 Å². The first-order valence-electron chi connectivity index (χ1n) is 5.34. The van der Waals surface area contributed by atoms with E-state index in [4.69, 9.17) is 15.5 Å². The summed E-state index contributed by atoms with van der Waals surface area (Å²) in [5.74, 6) is -7.21. The average Bonchev–Trinajstić information content (AvgIpc) is 2.68. The number of methoxy groups -OCH3 is 1. The molecular weight excluding hydrogens is 242 g/mol. The lowest BCUT2D eigenvalue weighted by molar-refractivity contribution is -0.156. The van der Waals surface area contributed by atoms with Crippen LogP contribution in [0.3, 0.4) is 0 Å². The Bertz CT molecular complexity index is 412. The number of carboxylic acids is 2. The molecule has 0 amide bonds. The van der Waals surface area contributed by atoms with Crippen LogP contribution in [0.4, 0.5) is 0 Å². The minimum atomic E-state index is -1.24. The summed E-state index contributed by atoms with van der Waals surface area (Å²) in [5.41, 5.74) is 0. The third-order valence-electron chi connectivity index (χ3n) is 3.35. The van der Waals surface area contributed by atoms with Gasteiger partial charge in [0.15, 0.2) is 0 Å². The van der Waals surface area contributed by atoms with Crippen molar-refractivity contribution in [3.8, 4) is 6.07 Å². The summed E-state index contributed by atoms with van der Waals surface area (Å²) in [7, 11) is 1.11. The Kier molecular flexibility index (Phi) is 4.26. The highest BCUT2D eigenvalue weighted by molar-refractivity contribution is 5.84. The monoisotopic (exact) mass is 255 g/mol. The highest BCUT2D eigenvalue weighted by Gasteiger charge is 2.53. The Hall–Kier alpha value is -2.10. The zero-order chi connectivity index (χ0) is 13.9. The number of nitriles is 1. The van der Waals surface area contributed by atoms with Gasteiger partial charge in [0, 0.05) is 6.42 Å². The highest BCUT2D eigenvalue weighted by atomic mass is 16.5. The van der Waals surface area contributed by atoms with Gasteiger partial charge in [0.2, 0.25) is 0 Å². The molecule has 98 valence electrons. The molecule has 0 aromatic rings. The van der Waals surface area contributed by atoms with Gasteiger partial charge in [-0.25, -0.2) is 0 Å². The third kappa shape index (κ3) is 2.42. The topological polar surface area (TPSA) is 125 Å². The zero-order valence-electron chi connectivity index (χ0n) is 9.70. The molecule has 1 rings (SSSR count). The molecule has 1 fully saturated rings. The summed E-state index contributed by atoms with van der Waals surface area (Å²) in [6, 6.07) is 1.80. The van der Waals surface area contributed by atoms with E-state index in [2.05, 4.69) is 4.74 Å². The fourth-order valence-electron chi connectivity index (χ4n) is 2.53. The average molecular weight is 255 g/mol. The van der Waals surface area contributed by atoms with E-state index in [1.165, 1.54) is 0 Å². The molecule has 0 spiro atoms. The molecule has 2 N–H and O–H groups in total. The fourth-order valence-corrected chi connectivity index (χ4v) is 2.53. The number of hydrogen-bond acceptors (Lipinski definition) is 5. The maximum absolute atomic E-state index is 11.6. The number of hydrogen-bond donors (Lipinski definition) is 2. The maximum atomic E-state index is 11.6. The quantitative estimate of drug-likeness (QED) is 0.683. The van der Waals surface area contributed by atoms with Crippen molar-refractivity contribution in [2.24, 2.45) is 23.7 Å². The van der Waals surface area contributed by atoms with Crippen LogP contribution in [0.5, 0.6) is 0 Å². The van der Waals surface area contributed by atoms with Crippen LogP contribution in [0, 0.1) is 35.0 Å². The lowest BCUT2D eigenvalue weighted by atomic mass is 9.85. The number of ether oxygens (including phenoxy) is 1. The van der Waals surface area contributed by atoms with Gasteiger partial charge < -0.3 is 14.9 Å². The molecule has 7 nitrogen and oxygen atoms in total. The van der Waals surface area contributed by atoms with Crippen LogP contribution in [-0.2, 0) is 19.1 Å². The van der Waals surface area contributed by atoms with Gasteiger partial charge in [0.05, 0.1) is 30.9 Å². The molecule has 0 aliphatic heterocycles. The van der Waals surface area contributed by atoms with Crippen LogP contribution in [0.2, 0.25) is 0 Å². The molecule has 4 unspecified atom stereocenters. The second-order valence-electron chi connectivity index (χ2n) is 4.20. The van der Waals surface area contributed by atoms with E-state index in [9.17, 15) is 14.4 Å². The number of carbonyl (C=O) groups excluding carboxylic acids is 1. The van der Waals surface area contributed by atoms with E-state index in [0.29, 0.717) is 0 Å². The van der Waals surface area contributed by atoms with E-state index in [-0.39, 0.29) is 12.8 Å². The predicted molar refractivity (Wildman–Crippen MR) is 56.1 cm³/mol. The lowest BCUT2D eigenvalue weighted by Gasteiger charge is -2.19. The van der Waals surface area contributed by atoms with Gasteiger partial charge in [-0.1, -0.05) is 0 Å². The normalized spacial score (nSPS) is 30.4. The van der Waals surface area contributed by atoms with Crippen molar-refractivity contribution in [2.45, 2.75) is 12.8 Å². The Balaban J connectivity index is 3.11. The Morgan fingerprint density at radius 2 is 1.83 bits per heavy atom. The molecule has 0 bridgehead atoms. The van der Waals surface area contributed by atoms with Gasteiger partial charge >= 0.3 is 17.9 Å². The first-order chi connectivity index (χ1) is 8.43. The number of rotatable bonds is 4. The largest absolute Gasteiger partial charge is 0.481 e. The highest BCUT2D eigenvalue weighted by Crippen LogP contribution is 2.44. The van der Waals surface area contributed by atoms with Crippen molar-refractivity contribution in [2.75, 3.05) is 7.11 Å². The van der Waals surface area contributed by atoms with E-state index in [1.54, 1.807) is 6.07 Å². The van der Waals surface area contributed by atoms with Gasteiger partial charge in [-0.15, -0.1) is 0 Å².